The number of aryl methyl sites for hydroxylation is 1. The fourth-order valence-electron chi connectivity index (χ4n) is 5.22. The van der Waals surface area contributed by atoms with Crippen LogP contribution in [0.4, 0.5) is 5.82 Å². The molecule has 0 unspecified atom stereocenters. The highest BCUT2D eigenvalue weighted by molar-refractivity contribution is 5.94. The largest absolute Gasteiger partial charge is 0.355 e. The summed E-state index contributed by atoms with van der Waals surface area (Å²) in [5.74, 6) is 1.76. The van der Waals surface area contributed by atoms with Gasteiger partial charge in [0.15, 0.2) is 0 Å². The number of fused-ring (bicyclic) bond motifs is 1. The minimum atomic E-state index is -0.493. The van der Waals surface area contributed by atoms with E-state index in [1.54, 1.807) is 12.4 Å². The highest BCUT2D eigenvalue weighted by atomic mass is 16.2. The Kier molecular flexibility index (Phi) is 5.57. The Morgan fingerprint density at radius 3 is 2.75 bits per heavy atom. The van der Waals surface area contributed by atoms with Crippen molar-refractivity contribution in [2.75, 3.05) is 37.6 Å². The molecular formula is C25H31N5O2. The molecular weight excluding hydrogens is 402 g/mol. The Morgan fingerprint density at radius 2 is 2.03 bits per heavy atom. The minimum Gasteiger partial charge on any atom is -0.355 e. The number of carbonyl (C=O) groups excluding carboxylic acids is 2. The topological polar surface area (TPSA) is 78.4 Å². The number of likely N-dealkylation sites (tertiary alicyclic amines) is 1. The molecule has 1 aliphatic carbocycles. The molecule has 7 nitrogen and oxygen atoms in total. The molecule has 2 atom stereocenters. The van der Waals surface area contributed by atoms with Crippen LogP contribution in [0.15, 0.2) is 42.7 Å². The third kappa shape index (κ3) is 4.08. The molecule has 1 saturated carbocycles. The van der Waals surface area contributed by atoms with Crippen LogP contribution in [0.2, 0.25) is 0 Å². The van der Waals surface area contributed by atoms with E-state index in [1.807, 2.05) is 42.2 Å². The molecule has 2 aromatic heterocycles. The summed E-state index contributed by atoms with van der Waals surface area (Å²) in [5.41, 5.74) is 1.01. The second kappa shape index (κ2) is 8.52. The van der Waals surface area contributed by atoms with Crippen molar-refractivity contribution >= 4 is 17.6 Å². The fourth-order valence-corrected chi connectivity index (χ4v) is 5.22. The van der Waals surface area contributed by atoms with Crippen molar-refractivity contribution < 1.29 is 9.59 Å². The first-order valence-corrected chi connectivity index (χ1v) is 11.7. The van der Waals surface area contributed by atoms with E-state index >= 15 is 0 Å². The summed E-state index contributed by atoms with van der Waals surface area (Å²) in [6.45, 7) is 5.31. The van der Waals surface area contributed by atoms with E-state index in [4.69, 9.17) is 0 Å². The average molecular weight is 434 g/mol. The van der Waals surface area contributed by atoms with Crippen LogP contribution < -0.4 is 10.2 Å². The highest BCUT2D eigenvalue weighted by Crippen LogP contribution is 2.44. The molecule has 168 valence electrons. The summed E-state index contributed by atoms with van der Waals surface area (Å²) < 4.78 is 0. The van der Waals surface area contributed by atoms with Crippen molar-refractivity contribution in [3.63, 3.8) is 0 Å². The second-order valence-electron chi connectivity index (χ2n) is 9.62. The second-order valence-corrected chi connectivity index (χ2v) is 9.62. The first-order chi connectivity index (χ1) is 15.5. The molecule has 0 radical (unpaired) electrons. The summed E-state index contributed by atoms with van der Waals surface area (Å²) in [4.78, 5) is 39.8. The Morgan fingerprint density at radius 1 is 1.16 bits per heavy atom. The van der Waals surface area contributed by atoms with E-state index in [0.29, 0.717) is 31.1 Å². The van der Waals surface area contributed by atoms with Crippen LogP contribution in [0.1, 0.15) is 41.7 Å². The van der Waals surface area contributed by atoms with Crippen molar-refractivity contribution in [2.45, 2.75) is 32.6 Å². The molecule has 3 fully saturated rings. The number of carbonyl (C=O) groups is 2. The van der Waals surface area contributed by atoms with Crippen molar-refractivity contribution in [2.24, 2.45) is 17.3 Å². The third-order valence-corrected chi connectivity index (χ3v) is 7.31. The standard InChI is InChI=1S/C25H31N5O2/c1-18-6-9-20(14-27-18)23(31)29-12-4-10-25(24(32)28-13-19-7-8-19)17-30(16-21(25)15-29)22-5-2-3-11-26-22/h2-3,5-6,9,11,14,19,21H,4,7-8,10,12-13,15-17H2,1H3,(H,28,32)/t21-,25+/m0/s1. The number of rotatable bonds is 5. The van der Waals surface area contributed by atoms with Crippen molar-refractivity contribution in [3.05, 3.63) is 54.0 Å². The summed E-state index contributed by atoms with van der Waals surface area (Å²) in [7, 11) is 0. The molecule has 5 rings (SSSR count). The van der Waals surface area contributed by atoms with E-state index < -0.39 is 5.41 Å². The van der Waals surface area contributed by atoms with Crippen molar-refractivity contribution in [1.82, 2.24) is 20.2 Å². The number of pyridine rings is 2. The molecule has 0 aromatic carbocycles. The Bertz CT molecular complexity index is 976. The van der Waals surface area contributed by atoms with Gasteiger partial charge >= 0.3 is 0 Å². The Balaban J connectivity index is 1.40. The van der Waals surface area contributed by atoms with E-state index in [0.717, 1.165) is 37.4 Å². The molecule has 32 heavy (non-hydrogen) atoms. The van der Waals surface area contributed by atoms with Crippen LogP contribution in [0.3, 0.4) is 0 Å². The monoisotopic (exact) mass is 433 g/mol. The van der Waals surface area contributed by atoms with Gasteiger partial charge in [-0.3, -0.25) is 14.6 Å². The normalized spacial score (nSPS) is 25.2. The zero-order valence-electron chi connectivity index (χ0n) is 18.7. The Labute approximate surface area is 189 Å². The van der Waals surface area contributed by atoms with Crippen molar-refractivity contribution in [3.8, 4) is 0 Å². The van der Waals surface area contributed by atoms with E-state index in [2.05, 4.69) is 20.2 Å². The molecule has 2 aliphatic heterocycles. The lowest BCUT2D eigenvalue weighted by Gasteiger charge is -2.32. The molecule has 0 spiro atoms. The van der Waals surface area contributed by atoms with Gasteiger partial charge in [-0.25, -0.2) is 4.98 Å². The van der Waals surface area contributed by atoms with Crippen LogP contribution in [0.25, 0.3) is 0 Å². The van der Waals surface area contributed by atoms with Gasteiger partial charge in [0.2, 0.25) is 5.91 Å². The predicted molar refractivity (Wildman–Crippen MR) is 122 cm³/mol. The third-order valence-electron chi connectivity index (χ3n) is 7.31. The zero-order chi connectivity index (χ0) is 22.1. The lowest BCUT2D eigenvalue weighted by atomic mass is 9.74. The van der Waals surface area contributed by atoms with E-state index in [1.165, 1.54) is 12.8 Å². The first kappa shape index (κ1) is 20.9. The van der Waals surface area contributed by atoms with Crippen LogP contribution in [0.5, 0.6) is 0 Å². The quantitative estimate of drug-likeness (QED) is 0.784. The Hall–Kier alpha value is -2.96. The van der Waals surface area contributed by atoms with Gasteiger partial charge in [0.1, 0.15) is 5.82 Å². The molecule has 2 aromatic rings. The number of anilines is 1. The number of hydrogen-bond donors (Lipinski definition) is 1. The molecule has 0 bridgehead atoms. The van der Waals surface area contributed by atoms with Crippen LogP contribution in [-0.2, 0) is 4.79 Å². The van der Waals surface area contributed by atoms with Gasteiger partial charge in [0, 0.05) is 56.7 Å². The molecule has 7 heteroatoms. The van der Waals surface area contributed by atoms with Gasteiger partial charge in [-0.15, -0.1) is 0 Å². The van der Waals surface area contributed by atoms with Gasteiger partial charge in [0.25, 0.3) is 5.91 Å². The van der Waals surface area contributed by atoms with E-state index in [9.17, 15) is 9.59 Å². The first-order valence-electron chi connectivity index (χ1n) is 11.7. The minimum absolute atomic E-state index is 0.00275. The molecule has 4 heterocycles. The number of nitrogens with one attached hydrogen (secondary N) is 1. The molecule has 2 saturated heterocycles. The number of aromatic nitrogens is 2. The van der Waals surface area contributed by atoms with Crippen LogP contribution >= 0.6 is 0 Å². The van der Waals surface area contributed by atoms with Crippen molar-refractivity contribution in [1.29, 1.82) is 0 Å². The molecule has 2 amide bonds. The van der Waals surface area contributed by atoms with Gasteiger partial charge in [-0.05, 0) is 62.8 Å². The smallest absolute Gasteiger partial charge is 0.255 e. The van der Waals surface area contributed by atoms with Gasteiger partial charge < -0.3 is 15.1 Å². The average Bonchev–Trinajstić information content (AvgIpc) is 3.61. The lowest BCUT2D eigenvalue weighted by Crippen LogP contribution is -2.48. The SMILES string of the molecule is Cc1ccc(C(=O)N2CCC[C@@]3(C(=O)NCC4CC4)CN(c4ccccn4)C[C@@H]3C2)cn1. The number of amides is 2. The maximum Gasteiger partial charge on any atom is 0.255 e. The summed E-state index contributed by atoms with van der Waals surface area (Å²) in [6.07, 6.45) is 7.48. The fraction of sp³-hybridized carbons (Fsp3) is 0.520. The summed E-state index contributed by atoms with van der Waals surface area (Å²) in [6, 6.07) is 9.61. The lowest BCUT2D eigenvalue weighted by molar-refractivity contribution is -0.132. The van der Waals surface area contributed by atoms with Crippen LogP contribution in [0, 0.1) is 24.2 Å². The maximum absolute atomic E-state index is 13.6. The van der Waals surface area contributed by atoms with Gasteiger partial charge in [0.05, 0.1) is 11.0 Å². The summed E-state index contributed by atoms with van der Waals surface area (Å²) >= 11 is 0. The molecule has 3 aliphatic rings. The number of hydrogen-bond acceptors (Lipinski definition) is 5. The zero-order valence-corrected chi connectivity index (χ0v) is 18.7. The van der Waals surface area contributed by atoms with Gasteiger partial charge in [-0.2, -0.15) is 0 Å². The van der Waals surface area contributed by atoms with E-state index in [-0.39, 0.29) is 17.7 Å². The predicted octanol–water partition coefficient (Wildman–Crippen LogP) is 2.67. The highest BCUT2D eigenvalue weighted by Gasteiger charge is 2.53. The maximum atomic E-state index is 13.6. The number of nitrogens with zero attached hydrogens (tertiary/aromatic N) is 4. The summed E-state index contributed by atoms with van der Waals surface area (Å²) in [5, 5.41) is 3.26. The van der Waals surface area contributed by atoms with Crippen LogP contribution in [-0.4, -0.2) is 59.4 Å². The molecule has 1 N–H and O–H groups in total. The van der Waals surface area contributed by atoms with Gasteiger partial charge in [-0.1, -0.05) is 6.07 Å².